The average molecular weight is 393 g/mol. The highest BCUT2D eigenvalue weighted by atomic mass is 32.2. The fraction of sp³-hybridized carbons (Fsp3) is 0.211. The van der Waals surface area contributed by atoms with Gasteiger partial charge < -0.3 is 5.32 Å². The minimum absolute atomic E-state index is 0.164. The second-order valence-corrected chi connectivity index (χ2v) is 7.21. The Balaban J connectivity index is 1.47. The third-order valence-electron chi connectivity index (χ3n) is 4.21. The standard InChI is InChI=1S/C19H19N7OS/c1-3-26-16(7-12(2)25-26)18(27)23-14-6-4-5-13(8-14)10-28-19-15-9-22-24-17(15)20-11-21-19/h4-9,11H,3,10H2,1-2H3,(H,23,27)(H,20,21,22,24). The largest absolute Gasteiger partial charge is 0.321 e. The van der Waals surface area contributed by atoms with E-state index in [-0.39, 0.29) is 5.91 Å². The van der Waals surface area contributed by atoms with Crippen LogP contribution in [-0.2, 0) is 12.3 Å². The summed E-state index contributed by atoms with van der Waals surface area (Å²) in [7, 11) is 0. The zero-order chi connectivity index (χ0) is 19.5. The van der Waals surface area contributed by atoms with Crippen LogP contribution < -0.4 is 5.32 Å². The number of H-pyrrole nitrogens is 1. The number of benzene rings is 1. The summed E-state index contributed by atoms with van der Waals surface area (Å²) < 4.78 is 1.70. The normalized spacial score (nSPS) is 11.1. The first-order valence-corrected chi connectivity index (χ1v) is 9.84. The van der Waals surface area contributed by atoms with Gasteiger partial charge in [0.25, 0.3) is 5.91 Å². The van der Waals surface area contributed by atoms with E-state index in [1.807, 2.05) is 38.1 Å². The number of aromatic amines is 1. The van der Waals surface area contributed by atoms with Gasteiger partial charge in [0.2, 0.25) is 0 Å². The molecule has 4 aromatic rings. The summed E-state index contributed by atoms with van der Waals surface area (Å²) in [5.41, 5.74) is 3.94. The SMILES string of the molecule is CCn1nc(C)cc1C(=O)Nc1cccc(CSc2ncnc3[nH]ncc23)c1. The first kappa shape index (κ1) is 18.2. The van der Waals surface area contributed by atoms with Crippen LogP contribution >= 0.6 is 11.8 Å². The molecule has 1 aromatic carbocycles. The van der Waals surface area contributed by atoms with Gasteiger partial charge in [-0.25, -0.2) is 9.97 Å². The van der Waals surface area contributed by atoms with Crippen LogP contribution in [0.1, 0.15) is 28.7 Å². The Hall–Kier alpha value is -3.20. The Morgan fingerprint density at radius 2 is 2.18 bits per heavy atom. The minimum atomic E-state index is -0.164. The number of aromatic nitrogens is 6. The molecule has 3 heterocycles. The van der Waals surface area contributed by atoms with Gasteiger partial charge in [-0.15, -0.1) is 11.8 Å². The van der Waals surface area contributed by atoms with Crippen LogP contribution in [0.15, 0.2) is 47.9 Å². The Kier molecular flexibility index (Phi) is 5.07. The van der Waals surface area contributed by atoms with E-state index in [1.54, 1.807) is 28.7 Å². The van der Waals surface area contributed by atoms with Crippen molar-refractivity contribution in [1.29, 1.82) is 0 Å². The van der Waals surface area contributed by atoms with Gasteiger partial charge in [0.1, 0.15) is 17.0 Å². The molecule has 28 heavy (non-hydrogen) atoms. The van der Waals surface area contributed by atoms with Crippen LogP contribution in [0, 0.1) is 6.92 Å². The van der Waals surface area contributed by atoms with Crippen molar-refractivity contribution in [2.75, 3.05) is 5.32 Å². The number of hydrogen-bond acceptors (Lipinski definition) is 6. The number of amides is 1. The van der Waals surface area contributed by atoms with Crippen LogP contribution in [0.3, 0.4) is 0 Å². The smallest absolute Gasteiger partial charge is 0.273 e. The van der Waals surface area contributed by atoms with E-state index in [4.69, 9.17) is 0 Å². The lowest BCUT2D eigenvalue weighted by molar-refractivity contribution is 0.101. The second-order valence-electron chi connectivity index (χ2n) is 6.24. The van der Waals surface area contributed by atoms with E-state index in [1.165, 1.54) is 6.33 Å². The van der Waals surface area contributed by atoms with Crippen LogP contribution in [0.2, 0.25) is 0 Å². The van der Waals surface area contributed by atoms with E-state index < -0.39 is 0 Å². The molecule has 2 N–H and O–H groups in total. The topological polar surface area (TPSA) is 101 Å². The Morgan fingerprint density at radius 3 is 3.04 bits per heavy atom. The molecular weight excluding hydrogens is 374 g/mol. The van der Waals surface area contributed by atoms with Crippen LogP contribution in [-0.4, -0.2) is 35.9 Å². The van der Waals surface area contributed by atoms with Crippen molar-refractivity contribution in [3.05, 3.63) is 59.8 Å². The van der Waals surface area contributed by atoms with E-state index in [9.17, 15) is 4.79 Å². The molecule has 0 aliphatic rings. The Labute approximate surface area is 165 Å². The molecule has 3 aromatic heterocycles. The number of nitrogens with zero attached hydrogens (tertiary/aromatic N) is 5. The van der Waals surface area contributed by atoms with Gasteiger partial charge in [-0.05, 0) is 37.6 Å². The number of thioether (sulfide) groups is 1. The molecule has 0 saturated carbocycles. The molecule has 0 unspecified atom stereocenters. The molecule has 0 spiro atoms. The van der Waals surface area contributed by atoms with Crippen LogP contribution in [0.4, 0.5) is 5.69 Å². The third-order valence-corrected chi connectivity index (χ3v) is 5.28. The predicted molar refractivity (Wildman–Crippen MR) is 108 cm³/mol. The summed E-state index contributed by atoms with van der Waals surface area (Å²) in [6, 6.07) is 9.60. The highest BCUT2D eigenvalue weighted by Crippen LogP contribution is 2.27. The zero-order valence-corrected chi connectivity index (χ0v) is 16.3. The van der Waals surface area contributed by atoms with Crippen molar-refractivity contribution < 1.29 is 4.79 Å². The summed E-state index contributed by atoms with van der Waals surface area (Å²) in [6.45, 7) is 4.49. The number of carbonyl (C=O) groups excluding carboxylic acids is 1. The summed E-state index contributed by atoms with van der Waals surface area (Å²) in [5, 5.41) is 15.9. The fourth-order valence-corrected chi connectivity index (χ4v) is 3.82. The van der Waals surface area contributed by atoms with Crippen molar-refractivity contribution in [1.82, 2.24) is 29.9 Å². The van der Waals surface area contributed by atoms with Crippen molar-refractivity contribution in [2.24, 2.45) is 0 Å². The Morgan fingerprint density at radius 1 is 1.29 bits per heavy atom. The molecule has 142 valence electrons. The van der Waals surface area contributed by atoms with Gasteiger partial charge in [0.15, 0.2) is 5.65 Å². The number of nitrogens with one attached hydrogen (secondary N) is 2. The summed E-state index contributed by atoms with van der Waals surface area (Å²) in [5.74, 6) is 0.552. The number of rotatable bonds is 6. The number of aryl methyl sites for hydroxylation is 2. The molecule has 0 saturated heterocycles. The second kappa shape index (κ2) is 7.81. The Bertz CT molecular complexity index is 1130. The summed E-state index contributed by atoms with van der Waals surface area (Å²) in [4.78, 5) is 21.1. The molecule has 0 aliphatic heterocycles. The third kappa shape index (κ3) is 3.74. The number of anilines is 1. The van der Waals surface area contributed by atoms with E-state index >= 15 is 0 Å². The van der Waals surface area contributed by atoms with Crippen molar-refractivity contribution in [3.8, 4) is 0 Å². The van der Waals surface area contributed by atoms with Gasteiger partial charge in [-0.2, -0.15) is 10.2 Å². The van der Waals surface area contributed by atoms with E-state index in [0.29, 0.717) is 18.0 Å². The van der Waals surface area contributed by atoms with Gasteiger partial charge in [0, 0.05) is 18.0 Å². The molecule has 0 atom stereocenters. The van der Waals surface area contributed by atoms with Crippen LogP contribution in [0.25, 0.3) is 11.0 Å². The van der Waals surface area contributed by atoms with E-state index in [2.05, 4.69) is 30.6 Å². The van der Waals surface area contributed by atoms with Crippen molar-refractivity contribution >= 4 is 34.4 Å². The maximum Gasteiger partial charge on any atom is 0.273 e. The lowest BCUT2D eigenvalue weighted by Crippen LogP contribution is -2.17. The lowest BCUT2D eigenvalue weighted by Gasteiger charge is -2.08. The summed E-state index contributed by atoms with van der Waals surface area (Å²) in [6.07, 6.45) is 3.26. The predicted octanol–water partition coefficient (Wildman–Crippen LogP) is 3.42. The lowest BCUT2D eigenvalue weighted by atomic mass is 10.2. The number of carbonyl (C=O) groups is 1. The molecule has 8 nitrogen and oxygen atoms in total. The maximum absolute atomic E-state index is 12.6. The van der Waals surface area contributed by atoms with Crippen molar-refractivity contribution in [2.45, 2.75) is 31.2 Å². The van der Waals surface area contributed by atoms with E-state index in [0.717, 1.165) is 33.0 Å². The van der Waals surface area contributed by atoms with Gasteiger partial charge in [-0.3, -0.25) is 14.6 Å². The van der Waals surface area contributed by atoms with Gasteiger partial charge in [-0.1, -0.05) is 12.1 Å². The summed E-state index contributed by atoms with van der Waals surface area (Å²) >= 11 is 1.60. The number of hydrogen-bond donors (Lipinski definition) is 2. The zero-order valence-electron chi connectivity index (χ0n) is 15.5. The quantitative estimate of drug-likeness (QED) is 0.384. The fourth-order valence-electron chi connectivity index (χ4n) is 2.91. The van der Waals surface area contributed by atoms with Gasteiger partial charge in [0.05, 0.1) is 17.3 Å². The molecule has 4 rings (SSSR count). The van der Waals surface area contributed by atoms with Gasteiger partial charge >= 0.3 is 0 Å². The number of fused-ring (bicyclic) bond motifs is 1. The highest BCUT2D eigenvalue weighted by Gasteiger charge is 2.13. The molecule has 0 bridgehead atoms. The maximum atomic E-state index is 12.6. The first-order chi connectivity index (χ1) is 13.6. The average Bonchev–Trinajstić information content (AvgIpc) is 3.33. The monoisotopic (exact) mass is 393 g/mol. The van der Waals surface area contributed by atoms with Crippen molar-refractivity contribution in [3.63, 3.8) is 0 Å². The molecule has 1 amide bonds. The first-order valence-electron chi connectivity index (χ1n) is 8.85. The molecule has 0 fully saturated rings. The molecule has 9 heteroatoms. The minimum Gasteiger partial charge on any atom is -0.321 e. The molecule has 0 aliphatic carbocycles. The van der Waals surface area contributed by atoms with Crippen LogP contribution in [0.5, 0.6) is 0 Å². The molecule has 0 radical (unpaired) electrons. The molecular formula is C19H19N7OS. The highest BCUT2D eigenvalue weighted by molar-refractivity contribution is 7.98.